The van der Waals surface area contributed by atoms with Gasteiger partial charge in [-0.3, -0.25) is 9.59 Å². The highest BCUT2D eigenvalue weighted by atomic mass is 35.5. The highest BCUT2D eigenvalue weighted by Crippen LogP contribution is 2.46. The lowest BCUT2D eigenvalue weighted by atomic mass is 9.73. The zero-order valence-corrected chi connectivity index (χ0v) is 14.4. The van der Waals surface area contributed by atoms with Crippen LogP contribution in [0.4, 0.5) is 0 Å². The van der Waals surface area contributed by atoms with E-state index in [0.29, 0.717) is 13.1 Å². The summed E-state index contributed by atoms with van der Waals surface area (Å²) >= 11 is 0. The number of likely N-dealkylation sites (N-methyl/N-ethyl adjacent to an activating group) is 1. The number of nitrogens with one attached hydrogen (secondary N) is 1. The molecule has 2 amide bonds. The topological polar surface area (TPSA) is 52.7 Å². The normalized spacial score (nSPS) is 26.4. The van der Waals surface area contributed by atoms with Gasteiger partial charge in [0.2, 0.25) is 11.8 Å². The lowest BCUT2D eigenvalue weighted by molar-refractivity contribution is -0.141. The van der Waals surface area contributed by atoms with Crippen molar-refractivity contribution in [3.63, 3.8) is 0 Å². The molecule has 0 aromatic heterocycles. The van der Waals surface area contributed by atoms with Gasteiger partial charge in [-0.2, -0.15) is 0 Å². The Morgan fingerprint density at radius 3 is 2.70 bits per heavy atom. The summed E-state index contributed by atoms with van der Waals surface area (Å²) in [5.74, 6) is 0.301. The van der Waals surface area contributed by atoms with Crippen molar-refractivity contribution in [2.24, 2.45) is 5.41 Å². The van der Waals surface area contributed by atoms with E-state index in [1.54, 1.807) is 23.9 Å². The predicted molar refractivity (Wildman–Crippen MR) is 91.6 cm³/mol. The van der Waals surface area contributed by atoms with Crippen molar-refractivity contribution in [1.82, 2.24) is 15.1 Å². The van der Waals surface area contributed by atoms with E-state index in [-0.39, 0.29) is 42.1 Å². The minimum Gasteiger partial charge on any atom is -0.347 e. The average molecular weight is 338 g/mol. The average Bonchev–Trinajstić information content (AvgIpc) is 3.08. The van der Waals surface area contributed by atoms with Crippen molar-refractivity contribution < 1.29 is 9.59 Å². The van der Waals surface area contributed by atoms with Crippen LogP contribution in [0.1, 0.15) is 17.9 Å². The van der Waals surface area contributed by atoms with Crippen LogP contribution in [0.3, 0.4) is 0 Å². The number of benzene rings is 1. The Morgan fingerprint density at radius 1 is 1.35 bits per heavy atom. The second-order valence-electron chi connectivity index (χ2n) is 6.52. The summed E-state index contributed by atoms with van der Waals surface area (Å²) < 4.78 is 0. The van der Waals surface area contributed by atoms with E-state index in [1.807, 2.05) is 18.2 Å². The number of amides is 2. The zero-order chi connectivity index (χ0) is 15.7. The lowest BCUT2D eigenvalue weighted by Gasteiger charge is -2.29. The Hall–Kier alpha value is -1.59. The van der Waals surface area contributed by atoms with E-state index in [2.05, 4.69) is 17.4 Å². The lowest BCUT2D eigenvalue weighted by Crippen LogP contribution is -2.43. The number of rotatable bonds is 3. The first-order valence-corrected chi connectivity index (χ1v) is 7.80. The Balaban J connectivity index is 0.00000192. The molecule has 0 aliphatic carbocycles. The van der Waals surface area contributed by atoms with Crippen LogP contribution in [-0.2, 0) is 9.59 Å². The smallest absolute Gasteiger partial charge is 0.241 e. The van der Waals surface area contributed by atoms with Gasteiger partial charge in [-0.1, -0.05) is 30.3 Å². The van der Waals surface area contributed by atoms with Gasteiger partial charge in [-0.15, -0.1) is 12.4 Å². The number of carbonyl (C=O) groups excluding carboxylic acids is 2. The van der Waals surface area contributed by atoms with Crippen molar-refractivity contribution in [1.29, 1.82) is 0 Å². The predicted octanol–water partition coefficient (Wildman–Crippen LogP) is 1.10. The maximum Gasteiger partial charge on any atom is 0.241 e. The highest BCUT2D eigenvalue weighted by molar-refractivity contribution is 5.90. The summed E-state index contributed by atoms with van der Waals surface area (Å²) in [7, 11) is 3.45. The third kappa shape index (κ3) is 3.08. The third-order valence-electron chi connectivity index (χ3n) is 5.02. The molecule has 0 unspecified atom stereocenters. The minimum absolute atomic E-state index is 0. The van der Waals surface area contributed by atoms with E-state index >= 15 is 0 Å². The number of hydrogen-bond acceptors (Lipinski definition) is 3. The fraction of sp³-hybridized carbons (Fsp3) is 0.529. The van der Waals surface area contributed by atoms with Gasteiger partial charge in [0.05, 0.1) is 12.0 Å². The molecule has 23 heavy (non-hydrogen) atoms. The molecule has 1 spiro atoms. The number of likely N-dealkylation sites (tertiary alicyclic amines) is 1. The first kappa shape index (κ1) is 17.8. The Morgan fingerprint density at radius 2 is 2.04 bits per heavy atom. The van der Waals surface area contributed by atoms with Crippen LogP contribution in [-0.4, -0.2) is 61.9 Å². The monoisotopic (exact) mass is 337 g/mol. The maximum absolute atomic E-state index is 13.0. The van der Waals surface area contributed by atoms with E-state index in [1.165, 1.54) is 5.56 Å². The maximum atomic E-state index is 13.0. The van der Waals surface area contributed by atoms with Gasteiger partial charge in [0.25, 0.3) is 0 Å². The fourth-order valence-electron chi connectivity index (χ4n) is 3.68. The standard InChI is InChI=1S/C17H23N3O2.ClH/c1-19(2)15(21)11-20-9-8-17(16(20)22)12-18-10-14(17)13-6-4-3-5-7-13;/h3-7,14,18H,8-12H2,1-2H3;1H/t14-,17+;/m0./s1. The van der Waals surface area contributed by atoms with Gasteiger partial charge >= 0.3 is 0 Å². The molecule has 0 saturated carbocycles. The summed E-state index contributed by atoms with van der Waals surface area (Å²) in [4.78, 5) is 28.2. The van der Waals surface area contributed by atoms with Crippen LogP contribution in [0.15, 0.2) is 30.3 Å². The first-order chi connectivity index (χ1) is 10.5. The number of nitrogens with zero attached hydrogens (tertiary/aromatic N) is 2. The molecule has 1 aromatic carbocycles. The summed E-state index contributed by atoms with van der Waals surface area (Å²) in [6, 6.07) is 10.2. The van der Waals surface area contributed by atoms with Crippen LogP contribution >= 0.6 is 12.4 Å². The molecule has 0 radical (unpaired) electrons. The van der Waals surface area contributed by atoms with Crippen LogP contribution in [0, 0.1) is 5.41 Å². The molecule has 2 saturated heterocycles. The molecule has 2 aliphatic heterocycles. The van der Waals surface area contributed by atoms with E-state index in [4.69, 9.17) is 0 Å². The van der Waals surface area contributed by atoms with E-state index in [0.717, 1.165) is 13.0 Å². The summed E-state index contributed by atoms with van der Waals surface area (Å²) in [6.07, 6.45) is 0.819. The number of carbonyl (C=O) groups is 2. The van der Waals surface area contributed by atoms with Gasteiger partial charge in [-0.05, 0) is 12.0 Å². The van der Waals surface area contributed by atoms with Crippen LogP contribution in [0.5, 0.6) is 0 Å². The SMILES string of the molecule is CN(C)C(=O)CN1CC[C@]2(CNC[C@H]2c2ccccc2)C1=O.Cl. The molecular formula is C17H24ClN3O2. The Labute approximate surface area is 143 Å². The molecule has 2 fully saturated rings. The molecular weight excluding hydrogens is 314 g/mol. The molecule has 126 valence electrons. The van der Waals surface area contributed by atoms with Gasteiger partial charge < -0.3 is 15.1 Å². The molecule has 0 bridgehead atoms. The quantitative estimate of drug-likeness (QED) is 0.898. The summed E-state index contributed by atoms with van der Waals surface area (Å²) in [5.41, 5.74) is 0.829. The van der Waals surface area contributed by atoms with Crippen molar-refractivity contribution in [2.45, 2.75) is 12.3 Å². The van der Waals surface area contributed by atoms with Crippen molar-refractivity contribution in [3.05, 3.63) is 35.9 Å². The van der Waals surface area contributed by atoms with Crippen molar-refractivity contribution >= 4 is 24.2 Å². The van der Waals surface area contributed by atoms with Gasteiger partial charge in [0.1, 0.15) is 0 Å². The number of halogens is 1. The van der Waals surface area contributed by atoms with Gasteiger partial charge in [-0.25, -0.2) is 0 Å². The zero-order valence-electron chi connectivity index (χ0n) is 13.6. The van der Waals surface area contributed by atoms with Crippen molar-refractivity contribution in [2.75, 3.05) is 40.3 Å². The summed E-state index contributed by atoms with van der Waals surface area (Å²) in [6.45, 7) is 2.39. The van der Waals surface area contributed by atoms with Crippen LogP contribution < -0.4 is 5.32 Å². The highest BCUT2D eigenvalue weighted by Gasteiger charge is 2.54. The fourth-order valence-corrected chi connectivity index (χ4v) is 3.68. The largest absolute Gasteiger partial charge is 0.347 e. The van der Waals surface area contributed by atoms with Crippen LogP contribution in [0.25, 0.3) is 0 Å². The third-order valence-corrected chi connectivity index (χ3v) is 5.02. The molecule has 2 aliphatic rings. The van der Waals surface area contributed by atoms with E-state index < -0.39 is 0 Å². The van der Waals surface area contributed by atoms with Crippen molar-refractivity contribution in [3.8, 4) is 0 Å². The van der Waals surface area contributed by atoms with Crippen LogP contribution in [0.2, 0.25) is 0 Å². The number of hydrogen-bond donors (Lipinski definition) is 1. The second kappa shape index (κ2) is 6.89. The molecule has 5 nitrogen and oxygen atoms in total. The molecule has 6 heteroatoms. The Bertz CT molecular complexity index is 578. The van der Waals surface area contributed by atoms with E-state index in [9.17, 15) is 9.59 Å². The second-order valence-corrected chi connectivity index (χ2v) is 6.52. The van der Waals surface area contributed by atoms with Gasteiger partial charge in [0, 0.05) is 39.6 Å². The Kier molecular flexibility index (Phi) is 5.32. The molecule has 2 heterocycles. The minimum atomic E-state index is -0.381. The van der Waals surface area contributed by atoms with Gasteiger partial charge in [0.15, 0.2) is 0 Å². The summed E-state index contributed by atoms with van der Waals surface area (Å²) in [5, 5.41) is 3.39. The molecule has 3 rings (SSSR count). The molecule has 1 aromatic rings. The first-order valence-electron chi connectivity index (χ1n) is 7.80. The molecule has 1 N–H and O–H groups in total. The molecule has 2 atom stereocenters.